The number of pyridine rings is 2. The predicted octanol–water partition coefficient (Wildman–Crippen LogP) is 3.30. The molecule has 0 atom stereocenters. The van der Waals surface area contributed by atoms with Gasteiger partial charge in [0.25, 0.3) is 0 Å². The first-order valence-corrected chi connectivity index (χ1v) is 11.9. The third kappa shape index (κ3) is 6.25. The minimum absolute atomic E-state index is 0.156. The number of aromatic nitrogens is 2. The third-order valence-corrected chi connectivity index (χ3v) is 5.46. The number of ether oxygens (including phenoxy) is 2. The van der Waals surface area contributed by atoms with E-state index in [1.807, 2.05) is 0 Å². The van der Waals surface area contributed by atoms with Crippen molar-refractivity contribution in [1.82, 2.24) is 9.97 Å². The minimum atomic E-state index is -1.62. The maximum absolute atomic E-state index is 10.7. The molecule has 2 aromatic heterocycles. The van der Waals surface area contributed by atoms with E-state index in [-0.39, 0.29) is 23.1 Å². The van der Waals surface area contributed by atoms with Crippen LogP contribution in [0, 0.1) is 20.2 Å². The zero-order valence-electron chi connectivity index (χ0n) is 15.4. The SMILES string of the molecule is COc1ccc(Br)nc1[N+](=O)[O-].COc1ccc([Si](C)(C)C)nc1[N+](=O)[O-]. The maximum atomic E-state index is 10.7. The summed E-state index contributed by atoms with van der Waals surface area (Å²) >= 11 is 3.02. The summed E-state index contributed by atoms with van der Waals surface area (Å²) in [6, 6.07) is 6.47. The second-order valence-electron chi connectivity index (χ2n) is 6.15. The highest BCUT2D eigenvalue weighted by molar-refractivity contribution is 9.10. The highest BCUT2D eigenvalue weighted by atomic mass is 79.9. The van der Waals surface area contributed by atoms with E-state index < -0.39 is 17.9 Å². The number of methoxy groups -OCH3 is 2. The highest BCUT2D eigenvalue weighted by Crippen LogP contribution is 2.25. The van der Waals surface area contributed by atoms with Crippen molar-refractivity contribution in [2.45, 2.75) is 19.6 Å². The second kappa shape index (κ2) is 9.37. The summed E-state index contributed by atoms with van der Waals surface area (Å²) in [7, 11) is 1.14. The fourth-order valence-corrected chi connectivity index (χ4v) is 3.17. The Kier molecular flexibility index (Phi) is 7.78. The van der Waals surface area contributed by atoms with Crippen LogP contribution >= 0.6 is 15.9 Å². The molecule has 0 unspecified atom stereocenters. The molecular weight excluding hydrogens is 440 g/mol. The van der Waals surface area contributed by atoms with Crippen LogP contribution in [0.25, 0.3) is 0 Å². The molecule has 12 heteroatoms. The molecule has 0 bridgehead atoms. The number of rotatable bonds is 5. The molecule has 0 aliphatic rings. The Morgan fingerprint density at radius 2 is 1.33 bits per heavy atom. The predicted molar refractivity (Wildman–Crippen MR) is 106 cm³/mol. The van der Waals surface area contributed by atoms with Crippen LogP contribution in [0.15, 0.2) is 28.9 Å². The molecular formula is C15H19BrN4O6Si. The molecule has 2 aromatic rings. The molecule has 2 rings (SSSR count). The summed E-state index contributed by atoms with van der Waals surface area (Å²) in [5, 5.41) is 21.9. The lowest BCUT2D eigenvalue weighted by Crippen LogP contribution is -2.40. The zero-order valence-corrected chi connectivity index (χ0v) is 18.0. The van der Waals surface area contributed by atoms with Gasteiger partial charge in [-0.1, -0.05) is 19.6 Å². The van der Waals surface area contributed by atoms with Crippen LogP contribution in [0.3, 0.4) is 0 Å². The van der Waals surface area contributed by atoms with Gasteiger partial charge in [-0.2, -0.15) is 0 Å². The number of hydrogen-bond acceptors (Lipinski definition) is 8. The van der Waals surface area contributed by atoms with Crippen molar-refractivity contribution in [3.63, 3.8) is 0 Å². The van der Waals surface area contributed by atoms with E-state index in [4.69, 9.17) is 9.47 Å². The van der Waals surface area contributed by atoms with E-state index in [9.17, 15) is 20.2 Å². The maximum Gasteiger partial charge on any atom is 0.407 e. The Hall–Kier alpha value is -2.60. The van der Waals surface area contributed by atoms with Gasteiger partial charge in [-0.15, -0.1) is 0 Å². The van der Waals surface area contributed by atoms with Crippen molar-refractivity contribution in [2.24, 2.45) is 0 Å². The first kappa shape index (κ1) is 22.4. The van der Waals surface area contributed by atoms with Gasteiger partial charge in [0.05, 0.1) is 14.2 Å². The first-order chi connectivity index (χ1) is 12.5. The van der Waals surface area contributed by atoms with Crippen molar-refractivity contribution in [1.29, 1.82) is 0 Å². The van der Waals surface area contributed by atoms with Crippen LogP contribution in [0.5, 0.6) is 11.5 Å². The largest absolute Gasteiger partial charge is 0.489 e. The lowest BCUT2D eigenvalue weighted by atomic mass is 10.4. The fourth-order valence-electron chi connectivity index (χ4n) is 1.85. The van der Waals surface area contributed by atoms with Gasteiger partial charge in [0.15, 0.2) is 0 Å². The summed E-state index contributed by atoms with van der Waals surface area (Å²) < 4.78 is 10.0. The van der Waals surface area contributed by atoms with Crippen LogP contribution < -0.4 is 14.8 Å². The number of hydrogen-bond donors (Lipinski definition) is 0. The lowest BCUT2D eigenvalue weighted by molar-refractivity contribution is -0.390. The van der Waals surface area contributed by atoms with Gasteiger partial charge in [0.2, 0.25) is 16.1 Å². The topological polar surface area (TPSA) is 131 Å². The average molecular weight is 459 g/mol. The van der Waals surface area contributed by atoms with Gasteiger partial charge in [0.1, 0.15) is 13.4 Å². The minimum Gasteiger partial charge on any atom is -0.489 e. The van der Waals surface area contributed by atoms with Gasteiger partial charge in [-0.25, -0.2) is 0 Å². The summed E-state index contributed by atoms with van der Waals surface area (Å²) in [6.07, 6.45) is 0. The van der Waals surface area contributed by atoms with E-state index in [1.54, 1.807) is 18.2 Å². The molecule has 0 radical (unpaired) electrons. The number of nitro groups is 2. The van der Waals surface area contributed by atoms with Crippen LogP contribution in [-0.4, -0.2) is 42.1 Å². The molecule has 0 fully saturated rings. The Morgan fingerprint density at radius 1 is 0.889 bits per heavy atom. The highest BCUT2D eigenvalue weighted by Gasteiger charge is 2.27. The molecule has 0 aromatic carbocycles. The summed E-state index contributed by atoms with van der Waals surface area (Å²) in [5.41, 5.74) is 0. The molecule has 146 valence electrons. The summed E-state index contributed by atoms with van der Waals surface area (Å²) in [5.74, 6) is -0.116. The van der Waals surface area contributed by atoms with Crippen molar-refractivity contribution in [3.8, 4) is 11.5 Å². The third-order valence-electron chi connectivity index (χ3n) is 3.20. The Bertz CT molecular complexity index is 844. The number of halogens is 1. The van der Waals surface area contributed by atoms with E-state index >= 15 is 0 Å². The van der Waals surface area contributed by atoms with Gasteiger partial charge in [-0.3, -0.25) is 0 Å². The zero-order chi connectivity index (χ0) is 20.8. The quantitative estimate of drug-likeness (QED) is 0.288. The van der Waals surface area contributed by atoms with Gasteiger partial charge >= 0.3 is 11.6 Å². The van der Waals surface area contributed by atoms with Gasteiger partial charge < -0.3 is 29.7 Å². The van der Waals surface area contributed by atoms with Crippen molar-refractivity contribution in [3.05, 3.63) is 49.1 Å². The Labute approximate surface area is 165 Å². The Balaban J connectivity index is 0.000000277. The van der Waals surface area contributed by atoms with E-state index in [1.165, 1.54) is 20.3 Å². The molecule has 0 aliphatic carbocycles. The van der Waals surface area contributed by atoms with E-state index in [0.717, 1.165) is 5.32 Å². The normalized spacial score (nSPS) is 10.4. The summed E-state index contributed by atoms with van der Waals surface area (Å²) in [4.78, 5) is 27.7. The van der Waals surface area contributed by atoms with Crippen LogP contribution in [0.1, 0.15) is 0 Å². The van der Waals surface area contributed by atoms with Gasteiger partial charge in [0, 0.05) is 22.0 Å². The second-order valence-corrected chi connectivity index (χ2v) is 12.0. The average Bonchev–Trinajstić information content (AvgIpc) is 2.60. The molecule has 0 N–H and O–H groups in total. The van der Waals surface area contributed by atoms with E-state index in [0.29, 0.717) is 4.60 Å². The molecule has 2 heterocycles. The lowest BCUT2D eigenvalue weighted by Gasteiger charge is -2.11. The monoisotopic (exact) mass is 458 g/mol. The van der Waals surface area contributed by atoms with Crippen molar-refractivity contribution < 1.29 is 19.3 Å². The van der Waals surface area contributed by atoms with Crippen molar-refractivity contribution >= 4 is 41.0 Å². The smallest absolute Gasteiger partial charge is 0.407 e. The molecule has 0 aliphatic heterocycles. The van der Waals surface area contributed by atoms with Crippen LogP contribution in [0.4, 0.5) is 11.6 Å². The van der Waals surface area contributed by atoms with Gasteiger partial charge in [-0.05, 0) is 38.0 Å². The molecule has 10 nitrogen and oxygen atoms in total. The number of nitrogens with zero attached hydrogens (tertiary/aromatic N) is 4. The molecule has 0 amide bonds. The van der Waals surface area contributed by atoms with Crippen LogP contribution in [-0.2, 0) is 0 Å². The first-order valence-electron chi connectivity index (χ1n) is 7.56. The molecule has 0 saturated heterocycles. The van der Waals surface area contributed by atoms with E-state index in [2.05, 4.69) is 45.5 Å². The fraction of sp³-hybridized carbons (Fsp3) is 0.333. The molecule has 0 saturated carbocycles. The Morgan fingerprint density at radius 3 is 1.74 bits per heavy atom. The standard InChI is InChI=1S/C9H14N2O3Si.C6H5BrN2O3/c1-14-7-5-6-8(15(2,3)4)10-9(7)11(12)13;1-12-4-2-3-5(7)8-6(4)9(10)11/h5-6H,1-4H3;2-3H,1H3. The molecule has 0 spiro atoms. The summed E-state index contributed by atoms with van der Waals surface area (Å²) in [6.45, 7) is 6.27. The van der Waals surface area contributed by atoms with Crippen molar-refractivity contribution in [2.75, 3.05) is 14.2 Å². The van der Waals surface area contributed by atoms with Crippen LogP contribution in [0.2, 0.25) is 19.6 Å². The molecule has 27 heavy (non-hydrogen) atoms.